The molecule has 1 aliphatic rings. The second-order valence-corrected chi connectivity index (χ2v) is 6.57. The van der Waals surface area contributed by atoms with E-state index >= 15 is 0 Å². The summed E-state index contributed by atoms with van der Waals surface area (Å²) in [5.41, 5.74) is 6.14. The van der Waals surface area contributed by atoms with E-state index in [0.717, 1.165) is 18.4 Å². The van der Waals surface area contributed by atoms with Gasteiger partial charge in [0.05, 0.1) is 0 Å². The van der Waals surface area contributed by atoms with E-state index in [4.69, 9.17) is 5.73 Å². The zero-order valence-corrected chi connectivity index (χ0v) is 13.5. The SMILES string of the molecule is CCCCN(CCCC)C(CN)C1CCC(C)CC1. The predicted molar refractivity (Wildman–Crippen MR) is 85.4 cm³/mol. The highest BCUT2D eigenvalue weighted by Crippen LogP contribution is 2.32. The third kappa shape index (κ3) is 5.83. The van der Waals surface area contributed by atoms with Crippen molar-refractivity contribution in [3.63, 3.8) is 0 Å². The van der Waals surface area contributed by atoms with Crippen molar-refractivity contribution in [2.45, 2.75) is 78.2 Å². The maximum absolute atomic E-state index is 6.14. The molecule has 0 bridgehead atoms. The van der Waals surface area contributed by atoms with Gasteiger partial charge in [-0.25, -0.2) is 0 Å². The van der Waals surface area contributed by atoms with E-state index < -0.39 is 0 Å². The minimum atomic E-state index is 0.644. The van der Waals surface area contributed by atoms with Crippen LogP contribution in [0, 0.1) is 11.8 Å². The molecule has 0 saturated heterocycles. The Hall–Kier alpha value is -0.0800. The molecule has 0 radical (unpaired) electrons. The van der Waals surface area contributed by atoms with Crippen molar-refractivity contribution in [3.8, 4) is 0 Å². The Bertz CT molecular complexity index is 201. The van der Waals surface area contributed by atoms with Gasteiger partial charge in [-0.2, -0.15) is 0 Å². The first-order valence-electron chi connectivity index (χ1n) is 8.67. The lowest BCUT2D eigenvalue weighted by atomic mass is 9.78. The molecule has 0 amide bonds. The number of hydrogen-bond donors (Lipinski definition) is 1. The Balaban J connectivity index is 2.54. The van der Waals surface area contributed by atoms with Crippen LogP contribution in [0.2, 0.25) is 0 Å². The summed E-state index contributed by atoms with van der Waals surface area (Å²) in [6.07, 6.45) is 10.9. The van der Waals surface area contributed by atoms with Crippen molar-refractivity contribution in [2.75, 3.05) is 19.6 Å². The Morgan fingerprint density at radius 1 is 1.00 bits per heavy atom. The zero-order valence-electron chi connectivity index (χ0n) is 13.5. The number of nitrogens with two attached hydrogens (primary N) is 1. The van der Waals surface area contributed by atoms with Crippen molar-refractivity contribution in [2.24, 2.45) is 17.6 Å². The lowest BCUT2D eigenvalue weighted by Crippen LogP contribution is -2.47. The number of rotatable bonds is 9. The Morgan fingerprint density at radius 2 is 1.53 bits per heavy atom. The van der Waals surface area contributed by atoms with Crippen molar-refractivity contribution < 1.29 is 0 Å². The summed E-state index contributed by atoms with van der Waals surface area (Å²) in [4.78, 5) is 2.72. The molecule has 19 heavy (non-hydrogen) atoms. The summed E-state index contributed by atoms with van der Waals surface area (Å²) >= 11 is 0. The summed E-state index contributed by atoms with van der Waals surface area (Å²) in [5, 5.41) is 0. The van der Waals surface area contributed by atoms with Gasteiger partial charge in [0.2, 0.25) is 0 Å². The molecule has 0 heterocycles. The summed E-state index contributed by atoms with van der Waals surface area (Å²) in [7, 11) is 0. The third-order valence-corrected chi connectivity index (χ3v) is 4.91. The topological polar surface area (TPSA) is 29.3 Å². The molecule has 0 spiro atoms. The van der Waals surface area contributed by atoms with Gasteiger partial charge in [0.25, 0.3) is 0 Å². The normalized spacial score (nSPS) is 25.7. The molecule has 2 N–H and O–H groups in total. The maximum Gasteiger partial charge on any atom is 0.0246 e. The molecular weight excluding hydrogens is 232 g/mol. The monoisotopic (exact) mass is 268 g/mol. The molecule has 0 aromatic carbocycles. The van der Waals surface area contributed by atoms with Gasteiger partial charge in [-0.1, -0.05) is 46.5 Å². The highest BCUT2D eigenvalue weighted by atomic mass is 15.2. The van der Waals surface area contributed by atoms with E-state index in [1.807, 2.05) is 0 Å². The van der Waals surface area contributed by atoms with Gasteiger partial charge in [-0.05, 0) is 50.6 Å². The van der Waals surface area contributed by atoms with Crippen molar-refractivity contribution in [3.05, 3.63) is 0 Å². The number of hydrogen-bond acceptors (Lipinski definition) is 2. The van der Waals surface area contributed by atoms with Crippen molar-refractivity contribution in [1.29, 1.82) is 0 Å². The predicted octanol–water partition coefficient (Wildman–Crippen LogP) is 4.04. The standard InChI is InChI=1S/C17H36N2/c1-4-6-12-19(13-7-5-2)17(14-18)16-10-8-15(3)9-11-16/h15-17H,4-14,18H2,1-3H3. The van der Waals surface area contributed by atoms with Gasteiger partial charge in [0.15, 0.2) is 0 Å². The van der Waals surface area contributed by atoms with Gasteiger partial charge in [-0.15, -0.1) is 0 Å². The van der Waals surface area contributed by atoms with Crippen molar-refractivity contribution >= 4 is 0 Å². The first kappa shape index (κ1) is 17.0. The van der Waals surface area contributed by atoms with Crippen LogP contribution in [0.3, 0.4) is 0 Å². The molecule has 1 fully saturated rings. The van der Waals surface area contributed by atoms with Crippen LogP contribution in [0.4, 0.5) is 0 Å². The molecule has 0 aliphatic heterocycles. The second kappa shape index (κ2) is 9.77. The van der Waals surface area contributed by atoms with Crippen LogP contribution in [-0.2, 0) is 0 Å². The van der Waals surface area contributed by atoms with E-state index in [1.165, 1.54) is 64.5 Å². The van der Waals surface area contributed by atoms with Crippen LogP contribution >= 0.6 is 0 Å². The second-order valence-electron chi connectivity index (χ2n) is 6.57. The first-order valence-corrected chi connectivity index (χ1v) is 8.67. The molecule has 114 valence electrons. The fraction of sp³-hybridized carbons (Fsp3) is 1.00. The highest BCUT2D eigenvalue weighted by molar-refractivity contribution is 4.84. The fourth-order valence-corrected chi connectivity index (χ4v) is 3.48. The molecule has 0 aromatic rings. The summed E-state index contributed by atoms with van der Waals surface area (Å²) < 4.78 is 0. The van der Waals surface area contributed by atoms with E-state index in [2.05, 4.69) is 25.7 Å². The summed E-state index contributed by atoms with van der Waals surface area (Å²) in [5.74, 6) is 1.80. The van der Waals surface area contributed by atoms with E-state index in [0.29, 0.717) is 6.04 Å². The quantitative estimate of drug-likeness (QED) is 0.684. The fourth-order valence-electron chi connectivity index (χ4n) is 3.48. The van der Waals surface area contributed by atoms with Gasteiger partial charge in [-0.3, -0.25) is 4.90 Å². The molecule has 1 aliphatic carbocycles. The van der Waals surface area contributed by atoms with E-state index in [9.17, 15) is 0 Å². The molecule has 0 aromatic heterocycles. The van der Waals surface area contributed by atoms with Gasteiger partial charge in [0.1, 0.15) is 0 Å². The molecule has 1 rings (SSSR count). The Labute approximate surface area is 121 Å². The van der Waals surface area contributed by atoms with Gasteiger partial charge < -0.3 is 5.73 Å². The lowest BCUT2D eigenvalue weighted by Gasteiger charge is -2.39. The molecule has 2 heteroatoms. The van der Waals surface area contributed by atoms with Crippen molar-refractivity contribution in [1.82, 2.24) is 4.90 Å². The minimum absolute atomic E-state index is 0.644. The summed E-state index contributed by atoms with van der Waals surface area (Å²) in [6.45, 7) is 10.3. The average Bonchev–Trinajstić information content (AvgIpc) is 2.43. The lowest BCUT2D eigenvalue weighted by molar-refractivity contribution is 0.108. The third-order valence-electron chi connectivity index (χ3n) is 4.91. The number of nitrogens with zero attached hydrogens (tertiary/aromatic N) is 1. The Kier molecular flexibility index (Phi) is 8.72. The molecule has 1 unspecified atom stereocenters. The molecule has 2 nitrogen and oxygen atoms in total. The largest absolute Gasteiger partial charge is 0.329 e. The van der Waals surface area contributed by atoms with Crippen LogP contribution in [-0.4, -0.2) is 30.6 Å². The smallest absolute Gasteiger partial charge is 0.0246 e. The summed E-state index contributed by atoms with van der Waals surface area (Å²) in [6, 6.07) is 0.644. The van der Waals surface area contributed by atoms with Gasteiger partial charge >= 0.3 is 0 Å². The highest BCUT2D eigenvalue weighted by Gasteiger charge is 2.28. The van der Waals surface area contributed by atoms with Crippen LogP contribution in [0.15, 0.2) is 0 Å². The zero-order chi connectivity index (χ0) is 14.1. The van der Waals surface area contributed by atoms with Crippen LogP contribution in [0.25, 0.3) is 0 Å². The van der Waals surface area contributed by atoms with Crippen LogP contribution in [0.1, 0.15) is 72.1 Å². The van der Waals surface area contributed by atoms with E-state index in [-0.39, 0.29) is 0 Å². The minimum Gasteiger partial charge on any atom is -0.329 e. The molecular formula is C17H36N2. The van der Waals surface area contributed by atoms with Crippen LogP contribution < -0.4 is 5.73 Å². The van der Waals surface area contributed by atoms with Crippen LogP contribution in [0.5, 0.6) is 0 Å². The average molecular weight is 268 g/mol. The number of unbranched alkanes of at least 4 members (excludes halogenated alkanes) is 2. The first-order chi connectivity index (χ1) is 9.22. The van der Waals surface area contributed by atoms with Gasteiger partial charge in [0, 0.05) is 12.6 Å². The maximum atomic E-state index is 6.14. The van der Waals surface area contributed by atoms with E-state index in [1.54, 1.807) is 0 Å². The Morgan fingerprint density at radius 3 is 1.95 bits per heavy atom. The molecule has 1 saturated carbocycles. The molecule has 1 atom stereocenters.